The molecule has 0 unspecified atom stereocenters. The van der Waals surface area contributed by atoms with E-state index in [-0.39, 0.29) is 0 Å². The number of rotatable bonds is 14. The van der Waals surface area contributed by atoms with Crippen molar-refractivity contribution in [3.63, 3.8) is 0 Å². The molecule has 0 bridgehead atoms. The number of unbranched alkanes of at least 4 members (excludes halogenated alkanes) is 4. The van der Waals surface area contributed by atoms with Crippen LogP contribution in [0.3, 0.4) is 0 Å². The van der Waals surface area contributed by atoms with E-state index in [2.05, 4.69) is 5.32 Å². The number of hydrogen-bond acceptors (Lipinski definition) is 5. The number of methoxy groups -OCH3 is 2. The van der Waals surface area contributed by atoms with Gasteiger partial charge in [-0.1, -0.05) is 12.8 Å². The van der Waals surface area contributed by atoms with Gasteiger partial charge < -0.3 is 14.8 Å². The van der Waals surface area contributed by atoms with E-state index in [4.69, 9.17) is 9.47 Å². The van der Waals surface area contributed by atoms with E-state index < -0.39 is 0 Å². The lowest BCUT2D eigenvalue weighted by Crippen LogP contribution is -2.16. The van der Waals surface area contributed by atoms with Crippen molar-refractivity contribution >= 4 is 11.9 Å². The minimum atomic E-state index is 0.405. The topological polar surface area (TPSA) is 64.6 Å². The number of nitrogens with one attached hydrogen (secondary N) is 1. The van der Waals surface area contributed by atoms with Crippen molar-refractivity contribution in [3.8, 4) is 0 Å². The van der Waals surface area contributed by atoms with Crippen LogP contribution >= 0.6 is 0 Å². The summed E-state index contributed by atoms with van der Waals surface area (Å²) in [5, 5.41) is 3.39. The van der Waals surface area contributed by atoms with E-state index in [1.165, 1.54) is 14.2 Å². The van der Waals surface area contributed by atoms with Crippen molar-refractivity contribution in [2.75, 3.05) is 27.3 Å². The van der Waals surface area contributed by atoms with Crippen LogP contribution in [0.15, 0.2) is 11.5 Å². The van der Waals surface area contributed by atoms with Crippen LogP contribution < -0.4 is 5.32 Å². The highest BCUT2D eigenvalue weighted by atomic mass is 16.5. The summed E-state index contributed by atoms with van der Waals surface area (Å²) in [6, 6.07) is 0. The maximum atomic E-state index is 10.4. The van der Waals surface area contributed by atoms with Crippen LogP contribution in [0, 0.1) is 0 Å². The molecule has 0 aromatic carbocycles. The molecule has 0 aliphatic heterocycles. The molecule has 0 rings (SSSR count). The zero-order valence-corrected chi connectivity index (χ0v) is 13.2. The van der Waals surface area contributed by atoms with Gasteiger partial charge in [-0.15, -0.1) is 0 Å². The Morgan fingerprint density at radius 1 is 0.762 bits per heavy atom. The zero-order chi connectivity index (χ0) is 15.8. The summed E-state index contributed by atoms with van der Waals surface area (Å²) < 4.78 is 9.72. The maximum Gasteiger partial charge on any atom is 0.179 e. The summed E-state index contributed by atoms with van der Waals surface area (Å²) in [6.07, 6.45) is 7.59. The van der Waals surface area contributed by atoms with E-state index in [9.17, 15) is 9.59 Å². The molecule has 21 heavy (non-hydrogen) atoms. The predicted octanol–water partition coefficient (Wildman–Crippen LogP) is 2.42. The van der Waals surface area contributed by atoms with Gasteiger partial charge in [0.15, 0.2) is 23.4 Å². The van der Waals surface area contributed by atoms with Crippen molar-refractivity contribution in [3.05, 3.63) is 11.5 Å². The molecule has 5 nitrogen and oxygen atoms in total. The highest BCUT2D eigenvalue weighted by molar-refractivity contribution is 5.49. The standard InChI is InChI=1S/C16H27NO4/c1-20-15(13-18)9-5-3-7-11-17-12-8-4-6-10-16(14-19)21-2/h17H,3-12H2,1-2H3. The third kappa shape index (κ3) is 11.9. The molecule has 0 fully saturated rings. The van der Waals surface area contributed by atoms with E-state index in [1.54, 1.807) is 11.9 Å². The van der Waals surface area contributed by atoms with Crippen LogP contribution in [0.1, 0.15) is 51.4 Å². The van der Waals surface area contributed by atoms with Crippen LogP contribution in [0.25, 0.3) is 0 Å². The lowest BCUT2D eigenvalue weighted by Gasteiger charge is -2.05. The first-order chi connectivity index (χ1) is 10.3. The summed E-state index contributed by atoms with van der Waals surface area (Å²) in [7, 11) is 3.00. The molecule has 0 atom stereocenters. The molecule has 0 heterocycles. The second kappa shape index (κ2) is 14.9. The van der Waals surface area contributed by atoms with Gasteiger partial charge >= 0.3 is 0 Å². The SMILES string of the molecule is COC(=C=O)CCCCCNCCCCCC(=C=O)OC. The molecule has 0 aromatic rings. The van der Waals surface area contributed by atoms with E-state index in [0.717, 1.165) is 51.6 Å². The lowest BCUT2D eigenvalue weighted by atomic mass is 10.1. The maximum absolute atomic E-state index is 10.4. The summed E-state index contributed by atoms with van der Waals surface area (Å²) in [4.78, 5) is 20.8. The molecule has 0 amide bonds. The van der Waals surface area contributed by atoms with Gasteiger partial charge in [-0.25, -0.2) is 9.59 Å². The van der Waals surface area contributed by atoms with Gasteiger partial charge in [0.1, 0.15) is 0 Å². The summed E-state index contributed by atoms with van der Waals surface area (Å²) in [5.74, 6) is 4.40. The molecule has 1 N–H and O–H groups in total. The average Bonchev–Trinajstić information content (AvgIpc) is 2.52. The van der Waals surface area contributed by atoms with E-state index in [0.29, 0.717) is 24.4 Å². The van der Waals surface area contributed by atoms with Crippen molar-refractivity contribution < 1.29 is 19.1 Å². The summed E-state index contributed by atoms with van der Waals surface area (Å²) in [6.45, 7) is 1.98. The van der Waals surface area contributed by atoms with Gasteiger partial charge in [-0.2, -0.15) is 0 Å². The van der Waals surface area contributed by atoms with E-state index in [1.807, 2.05) is 0 Å². The predicted molar refractivity (Wildman–Crippen MR) is 82.2 cm³/mol. The van der Waals surface area contributed by atoms with Crippen molar-refractivity contribution in [1.82, 2.24) is 5.32 Å². The Bertz CT molecular complexity index is 321. The molecular formula is C16H27NO4. The molecule has 0 aliphatic carbocycles. The molecule has 0 saturated heterocycles. The van der Waals surface area contributed by atoms with Crippen LogP contribution in [0.5, 0.6) is 0 Å². The number of allylic oxidation sites excluding steroid dienone is 2. The number of carbonyl (C=O) groups excluding carboxylic acids is 2. The normalized spacial score (nSPS) is 9.62. The Hall–Kier alpha value is -1.54. The Balaban J connectivity index is 3.26. The summed E-state index contributed by atoms with van der Waals surface area (Å²) in [5.41, 5.74) is 0. The molecule has 0 aliphatic rings. The minimum absolute atomic E-state index is 0.405. The van der Waals surface area contributed by atoms with Gasteiger partial charge in [-0.05, 0) is 38.8 Å². The lowest BCUT2D eigenvalue weighted by molar-refractivity contribution is 0.277. The Kier molecular flexibility index (Phi) is 13.8. The van der Waals surface area contributed by atoms with Crippen LogP contribution in [-0.4, -0.2) is 39.2 Å². The van der Waals surface area contributed by atoms with Crippen LogP contribution in [-0.2, 0) is 19.1 Å². The smallest absolute Gasteiger partial charge is 0.179 e. The number of hydrogen-bond donors (Lipinski definition) is 1. The van der Waals surface area contributed by atoms with Crippen LogP contribution in [0.4, 0.5) is 0 Å². The molecular weight excluding hydrogens is 270 g/mol. The summed E-state index contributed by atoms with van der Waals surface area (Å²) >= 11 is 0. The minimum Gasteiger partial charge on any atom is -0.490 e. The largest absolute Gasteiger partial charge is 0.490 e. The van der Waals surface area contributed by atoms with Crippen LogP contribution in [0.2, 0.25) is 0 Å². The Labute approximate surface area is 127 Å². The quantitative estimate of drug-likeness (QED) is 0.303. The van der Waals surface area contributed by atoms with Gasteiger partial charge in [-0.3, -0.25) is 0 Å². The van der Waals surface area contributed by atoms with Gasteiger partial charge in [0.05, 0.1) is 14.2 Å². The Morgan fingerprint density at radius 3 is 1.52 bits per heavy atom. The monoisotopic (exact) mass is 297 g/mol. The zero-order valence-electron chi connectivity index (χ0n) is 13.2. The van der Waals surface area contributed by atoms with Gasteiger partial charge in [0.2, 0.25) is 0 Å². The molecule has 0 spiro atoms. The molecule has 0 aromatic heterocycles. The first kappa shape index (κ1) is 19.5. The molecule has 0 saturated carbocycles. The third-order valence-electron chi connectivity index (χ3n) is 3.24. The highest BCUT2D eigenvalue weighted by Crippen LogP contribution is 2.07. The van der Waals surface area contributed by atoms with Crippen molar-refractivity contribution in [2.24, 2.45) is 0 Å². The van der Waals surface area contributed by atoms with Crippen molar-refractivity contribution in [1.29, 1.82) is 0 Å². The second-order valence-corrected chi connectivity index (χ2v) is 4.83. The Morgan fingerprint density at radius 2 is 1.19 bits per heavy atom. The fourth-order valence-corrected chi connectivity index (χ4v) is 1.94. The first-order valence-electron chi connectivity index (χ1n) is 7.55. The fourth-order valence-electron chi connectivity index (χ4n) is 1.94. The average molecular weight is 297 g/mol. The first-order valence-corrected chi connectivity index (χ1v) is 7.55. The van der Waals surface area contributed by atoms with Gasteiger partial charge in [0.25, 0.3) is 0 Å². The second-order valence-electron chi connectivity index (χ2n) is 4.83. The van der Waals surface area contributed by atoms with E-state index >= 15 is 0 Å². The third-order valence-corrected chi connectivity index (χ3v) is 3.24. The molecule has 120 valence electrons. The fraction of sp³-hybridized carbons (Fsp3) is 0.750. The molecule has 0 radical (unpaired) electrons. The molecule has 5 heteroatoms. The van der Waals surface area contributed by atoms with Crippen molar-refractivity contribution in [2.45, 2.75) is 51.4 Å². The highest BCUT2D eigenvalue weighted by Gasteiger charge is 1.98. The van der Waals surface area contributed by atoms with Gasteiger partial charge in [0, 0.05) is 12.8 Å². The number of ether oxygens (including phenoxy) is 2.